The first-order valence-electron chi connectivity index (χ1n) is 23.1. The fraction of sp³-hybridized carbons (Fsp3) is 0.176. The Morgan fingerprint density at radius 3 is 1.67 bits per heavy atom. The number of aliphatic imine (C=N–C) groups is 1. The summed E-state index contributed by atoms with van der Waals surface area (Å²) < 4.78 is 34.9. The number of halogens is 7. The molecule has 17 nitrogen and oxygen atoms in total. The number of benzene rings is 5. The standard InChI is InChI=1S/C19H16ClFN4O.C13H12ClIN4O.C7H4ClNO.C6H6BFO2.C6H8IN3/c20-13-4-3-5-14(10-13)23-19(26)24-8-9-25-18(12-24)16(11-22-25)15-6-1-2-7-17(15)21;14-9-2-1-3-10(6-9)17-13(20)18-4-5-19-12(8-18)11(15)7-16-19;8-6-2-1-3-7(4-6)9-5-10;8-6-4-2-1-3-5(6)7(9)10;7-5-3-9-10-2-1-8-4-6(5)10/h1-7,10-11H,8-9,12H2,(H,23,26);1-3,6-7H,4-5,8H2,(H,17,20);1-4H;1-4,9-10H;3,8H,1-2,4H2. The highest BCUT2D eigenvalue weighted by Gasteiger charge is 2.26. The second kappa shape index (κ2) is 28.2. The summed E-state index contributed by atoms with van der Waals surface area (Å²) in [5.41, 5.74) is 6.21. The molecule has 3 aliphatic rings. The molecule has 0 saturated carbocycles. The van der Waals surface area contributed by atoms with E-state index in [0.717, 1.165) is 41.1 Å². The van der Waals surface area contributed by atoms with Gasteiger partial charge in [0.25, 0.3) is 0 Å². The summed E-state index contributed by atoms with van der Waals surface area (Å²) in [6, 6.07) is 32.6. The SMILES string of the molecule is Ic1cnn2c1CNCC2.O=C(Nc1cccc(Cl)c1)N1CCn2ncc(-c3ccccc3F)c2C1.O=C(Nc1cccc(Cl)c1)N1CCn2ncc(I)c2C1.O=C=Nc1cccc(Cl)c1.OB(O)c1ccccc1F. The number of amides is 4. The molecule has 0 atom stereocenters. The number of carbonyl (C=O) groups is 2. The predicted molar refractivity (Wildman–Crippen MR) is 306 cm³/mol. The van der Waals surface area contributed by atoms with Crippen LogP contribution in [0.15, 0.2) is 145 Å². The molecule has 6 heterocycles. The summed E-state index contributed by atoms with van der Waals surface area (Å²) in [5, 5.41) is 40.6. The lowest BCUT2D eigenvalue weighted by molar-refractivity contribution is 0.194. The third kappa shape index (κ3) is 16.2. The van der Waals surface area contributed by atoms with Crippen molar-refractivity contribution in [1.29, 1.82) is 0 Å². The van der Waals surface area contributed by atoms with Gasteiger partial charge in [-0.3, -0.25) is 14.0 Å². The number of rotatable bonds is 5. The van der Waals surface area contributed by atoms with Crippen molar-refractivity contribution in [3.63, 3.8) is 0 Å². The van der Waals surface area contributed by atoms with Gasteiger partial charge in [0.1, 0.15) is 11.6 Å². The van der Waals surface area contributed by atoms with Crippen LogP contribution in [0.4, 0.5) is 35.4 Å². The minimum atomic E-state index is -1.72. The fourth-order valence-corrected chi connectivity index (χ4v) is 9.41. The van der Waals surface area contributed by atoms with Crippen molar-refractivity contribution in [1.82, 2.24) is 44.5 Å². The molecule has 0 fully saturated rings. The lowest BCUT2D eigenvalue weighted by atomic mass is 9.80. The summed E-state index contributed by atoms with van der Waals surface area (Å²) in [4.78, 5) is 41.4. The Hall–Kier alpha value is -6.22. The number of urea groups is 2. The van der Waals surface area contributed by atoms with Crippen molar-refractivity contribution in [2.45, 2.75) is 39.3 Å². The molecule has 0 unspecified atom stereocenters. The van der Waals surface area contributed by atoms with Gasteiger partial charge in [-0.25, -0.2) is 23.2 Å². The number of carbonyl (C=O) groups excluding carboxylic acids is 3. The van der Waals surface area contributed by atoms with E-state index in [-0.39, 0.29) is 23.3 Å². The zero-order chi connectivity index (χ0) is 54.1. The molecule has 25 heteroatoms. The van der Waals surface area contributed by atoms with Crippen LogP contribution in [0.3, 0.4) is 0 Å². The number of aromatic nitrogens is 6. The highest BCUT2D eigenvalue weighted by atomic mass is 127. The van der Waals surface area contributed by atoms with E-state index in [1.807, 2.05) is 33.9 Å². The van der Waals surface area contributed by atoms with Gasteiger partial charge in [-0.15, -0.1) is 0 Å². The van der Waals surface area contributed by atoms with Gasteiger partial charge >= 0.3 is 19.2 Å². The smallest absolute Gasteiger partial charge is 0.423 e. The minimum Gasteiger partial charge on any atom is -0.423 e. The second-order valence-corrected chi connectivity index (χ2v) is 20.1. The van der Waals surface area contributed by atoms with E-state index >= 15 is 0 Å². The van der Waals surface area contributed by atoms with Crippen LogP contribution >= 0.6 is 80.0 Å². The normalized spacial score (nSPS) is 12.9. The number of fused-ring (bicyclic) bond motifs is 3. The molecule has 0 aliphatic carbocycles. The summed E-state index contributed by atoms with van der Waals surface area (Å²) in [6.07, 6.45) is 6.83. The van der Waals surface area contributed by atoms with Crippen LogP contribution in [0.1, 0.15) is 17.1 Å². The van der Waals surface area contributed by atoms with E-state index in [1.165, 1.54) is 45.7 Å². The quantitative estimate of drug-likeness (QED) is 0.0482. The Kier molecular flexibility index (Phi) is 21.4. The topological polar surface area (TPSA) is 200 Å². The first kappa shape index (κ1) is 57.5. The first-order valence-corrected chi connectivity index (χ1v) is 26.4. The van der Waals surface area contributed by atoms with E-state index in [9.17, 15) is 23.2 Å². The van der Waals surface area contributed by atoms with Gasteiger partial charge in [-0.2, -0.15) is 20.3 Å². The zero-order valence-corrected chi connectivity index (χ0v) is 46.6. The van der Waals surface area contributed by atoms with Gasteiger partial charge in [0.15, 0.2) is 0 Å². The molecule has 5 N–H and O–H groups in total. The van der Waals surface area contributed by atoms with Crippen LogP contribution in [0.25, 0.3) is 11.1 Å². The predicted octanol–water partition coefficient (Wildman–Crippen LogP) is 9.98. The van der Waals surface area contributed by atoms with Crippen molar-refractivity contribution in [2.24, 2.45) is 4.99 Å². The maximum Gasteiger partial charge on any atom is 0.491 e. The van der Waals surface area contributed by atoms with Crippen molar-refractivity contribution in [3.8, 4) is 11.1 Å². The van der Waals surface area contributed by atoms with Gasteiger partial charge in [-0.05, 0) is 112 Å². The number of hydrogen-bond acceptors (Lipinski definition) is 10. The highest BCUT2D eigenvalue weighted by molar-refractivity contribution is 14.1. The molecule has 3 aliphatic heterocycles. The van der Waals surface area contributed by atoms with E-state index in [0.29, 0.717) is 76.0 Å². The van der Waals surface area contributed by atoms with Crippen LogP contribution in [0, 0.1) is 18.8 Å². The van der Waals surface area contributed by atoms with Gasteiger partial charge in [-0.1, -0.05) is 89.4 Å². The van der Waals surface area contributed by atoms with E-state index in [1.54, 1.807) is 94.9 Å². The summed E-state index contributed by atoms with van der Waals surface area (Å²) in [6.45, 7) is 6.42. The van der Waals surface area contributed by atoms with Gasteiger partial charge < -0.3 is 35.8 Å². The number of nitrogens with zero attached hydrogens (tertiary/aromatic N) is 9. The first-order chi connectivity index (χ1) is 36.7. The zero-order valence-electron chi connectivity index (χ0n) is 40.0. The third-order valence-electron chi connectivity index (χ3n) is 11.4. The summed E-state index contributed by atoms with van der Waals surface area (Å²) in [7, 11) is -1.72. The molecular formula is C51H46BCl3F2I2N12O5. The average Bonchev–Trinajstić information content (AvgIpc) is 4.14. The molecule has 3 aromatic heterocycles. The largest absolute Gasteiger partial charge is 0.491 e. The van der Waals surface area contributed by atoms with Gasteiger partial charge in [0.05, 0.1) is 81.2 Å². The maximum atomic E-state index is 14.2. The van der Waals surface area contributed by atoms with E-state index < -0.39 is 12.9 Å². The Balaban J connectivity index is 0.000000148. The molecule has 8 aromatic rings. The van der Waals surface area contributed by atoms with Crippen LogP contribution in [0.2, 0.25) is 15.1 Å². The van der Waals surface area contributed by atoms with E-state index in [2.05, 4.69) is 86.1 Å². The van der Waals surface area contributed by atoms with Crippen molar-refractivity contribution in [3.05, 3.63) is 191 Å². The molecule has 5 aromatic carbocycles. The lowest BCUT2D eigenvalue weighted by Crippen LogP contribution is -2.41. The summed E-state index contributed by atoms with van der Waals surface area (Å²) >= 11 is 22.0. The molecule has 0 radical (unpaired) electrons. The van der Waals surface area contributed by atoms with Crippen molar-refractivity contribution in [2.75, 3.05) is 30.3 Å². The molecule has 76 heavy (non-hydrogen) atoms. The molecular weight excluding hydrogens is 1270 g/mol. The Morgan fingerprint density at radius 2 is 1.13 bits per heavy atom. The third-order valence-corrected chi connectivity index (χ3v) is 13.9. The number of hydrogen-bond donors (Lipinski definition) is 5. The van der Waals surface area contributed by atoms with Crippen molar-refractivity contribution < 1.29 is 33.2 Å². The van der Waals surface area contributed by atoms with E-state index in [4.69, 9.17) is 44.9 Å². The molecule has 392 valence electrons. The highest BCUT2D eigenvalue weighted by Crippen LogP contribution is 2.29. The number of nitrogens with one attached hydrogen (secondary N) is 3. The maximum absolute atomic E-state index is 14.2. The summed E-state index contributed by atoms with van der Waals surface area (Å²) in [5.74, 6) is -0.902. The molecule has 0 saturated heterocycles. The molecule has 4 amide bonds. The van der Waals surface area contributed by atoms with Gasteiger partial charge in [0, 0.05) is 69.2 Å². The van der Waals surface area contributed by atoms with Crippen LogP contribution < -0.4 is 21.4 Å². The second-order valence-electron chi connectivity index (χ2n) is 16.5. The Labute approximate surface area is 478 Å². The molecule has 0 bridgehead atoms. The Morgan fingerprint density at radius 1 is 0.618 bits per heavy atom. The average molecular weight is 1320 g/mol. The van der Waals surface area contributed by atoms with Crippen LogP contribution in [-0.4, -0.2) is 94.1 Å². The fourth-order valence-electron chi connectivity index (χ4n) is 7.68. The Bertz CT molecular complexity index is 3330. The van der Waals surface area contributed by atoms with Crippen molar-refractivity contribution >= 4 is 128 Å². The molecule has 0 spiro atoms. The van der Waals surface area contributed by atoms with Crippen LogP contribution in [-0.2, 0) is 44.1 Å². The number of anilines is 2. The minimum absolute atomic E-state index is 0.0949. The number of isocyanates is 1. The van der Waals surface area contributed by atoms with Crippen LogP contribution in [0.5, 0.6) is 0 Å². The van der Waals surface area contributed by atoms with Gasteiger partial charge in [0.2, 0.25) is 6.08 Å². The lowest BCUT2D eigenvalue weighted by Gasteiger charge is -2.28. The molecule has 11 rings (SSSR count). The monoisotopic (exact) mass is 1310 g/mol.